The van der Waals surface area contributed by atoms with Gasteiger partial charge in [-0.05, 0) is 31.7 Å². The van der Waals surface area contributed by atoms with E-state index in [1.54, 1.807) is 12.1 Å². The summed E-state index contributed by atoms with van der Waals surface area (Å²) in [6.45, 7) is 3.67. The molecule has 3 heterocycles. The predicted octanol–water partition coefficient (Wildman–Crippen LogP) is 2.51. The Kier molecular flexibility index (Phi) is 7.32. The van der Waals surface area contributed by atoms with Gasteiger partial charge >= 0.3 is 0 Å². The van der Waals surface area contributed by atoms with Crippen molar-refractivity contribution >= 4 is 41.5 Å². The van der Waals surface area contributed by atoms with E-state index < -0.39 is 4.92 Å². The van der Waals surface area contributed by atoms with E-state index in [2.05, 4.69) is 35.3 Å². The number of hydrogen-bond donors (Lipinski definition) is 2. The predicted molar refractivity (Wildman–Crippen MR) is 125 cm³/mol. The third-order valence-corrected chi connectivity index (χ3v) is 6.34. The first-order valence-electron chi connectivity index (χ1n) is 10.7. The van der Waals surface area contributed by atoms with Gasteiger partial charge in [0.25, 0.3) is 5.69 Å². The number of nitrogens with zero attached hydrogens (tertiary/aromatic N) is 7. The molecule has 4 rings (SSSR count). The number of rotatable bonds is 9. The fourth-order valence-corrected chi connectivity index (χ4v) is 4.48. The number of aliphatic hydroxyl groups excluding tert-OH is 1. The smallest absolute Gasteiger partial charge is 0.283 e. The number of nitrogens with one attached hydrogen (secondary N) is 1. The topological polar surface area (TPSA) is 133 Å². The number of thioether (sulfide) groups is 1. The van der Waals surface area contributed by atoms with Crippen LogP contribution in [-0.4, -0.2) is 69.7 Å². The summed E-state index contributed by atoms with van der Waals surface area (Å²) < 4.78 is 0. The number of nitro groups is 1. The second-order valence-electron chi connectivity index (χ2n) is 7.57. The number of aliphatic hydroxyl groups is 1. The minimum Gasteiger partial charge on any atom is -0.396 e. The van der Waals surface area contributed by atoms with E-state index in [1.165, 1.54) is 24.0 Å². The molecule has 0 amide bonds. The average molecular weight is 459 g/mol. The van der Waals surface area contributed by atoms with Crippen molar-refractivity contribution in [2.75, 3.05) is 53.8 Å². The van der Waals surface area contributed by atoms with Crippen LogP contribution in [0.2, 0.25) is 0 Å². The summed E-state index contributed by atoms with van der Waals surface area (Å²) in [7, 11) is 0. The molecular formula is C20H26N8O3S. The van der Waals surface area contributed by atoms with Crippen LogP contribution >= 0.6 is 11.8 Å². The van der Waals surface area contributed by atoms with E-state index >= 15 is 0 Å². The van der Waals surface area contributed by atoms with Crippen LogP contribution < -0.4 is 15.2 Å². The van der Waals surface area contributed by atoms with E-state index in [9.17, 15) is 10.1 Å². The molecule has 1 aromatic carbocycles. The van der Waals surface area contributed by atoms with Gasteiger partial charge in [0.1, 0.15) is 0 Å². The Balaban J connectivity index is 1.52. The van der Waals surface area contributed by atoms with Crippen molar-refractivity contribution in [1.82, 2.24) is 15.0 Å². The highest BCUT2D eigenvalue weighted by atomic mass is 32.2. The second kappa shape index (κ2) is 10.6. The molecule has 170 valence electrons. The van der Waals surface area contributed by atoms with Crippen LogP contribution in [0.5, 0.6) is 0 Å². The highest BCUT2D eigenvalue weighted by molar-refractivity contribution is 7.99. The molecule has 32 heavy (non-hydrogen) atoms. The largest absolute Gasteiger partial charge is 0.396 e. The third-order valence-electron chi connectivity index (χ3n) is 5.30. The van der Waals surface area contributed by atoms with Gasteiger partial charge in [-0.15, -0.1) is 11.8 Å². The van der Waals surface area contributed by atoms with Crippen LogP contribution in [0.4, 0.5) is 23.5 Å². The molecule has 1 aromatic heterocycles. The number of benzene rings is 1. The Bertz CT molecular complexity index is 943. The van der Waals surface area contributed by atoms with E-state index in [4.69, 9.17) is 5.11 Å². The highest BCUT2D eigenvalue weighted by Gasteiger charge is 2.21. The fraction of sp³-hybridized carbons (Fsp3) is 0.500. The summed E-state index contributed by atoms with van der Waals surface area (Å²) >= 11 is 1.24. The molecule has 2 fully saturated rings. The van der Waals surface area contributed by atoms with Gasteiger partial charge in [0, 0.05) is 43.6 Å². The molecule has 2 N–H and O–H groups in total. The number of hydrogen-bond acceptors (Lipinski definition) is 11. The third kappa shape index (κ3) is 5.43. The molecule has 0 bridgehead atoms. The van der Waals surface area contributed by atoms with Crippen molar-refractivity contribution in [3.05, 3.63) is 33.9 Å². The molecule has 2 saturated heterocycles. The monoisotopic (exact) mass is 458 g/mol. The highest BCUT2D eigenvalue weighted by Crippen LogP contribution is 2.29. The first kappa shape index (κ1) is 22.2. The normalized spacial score (nSPS) is 16.3. The summed E-state index contributed by atoms with van der Waals surface area (Å²) in [6, 6.07) is 4.87. The molecule has 2 aliphatic heterocycles. The van der Waals surface area contributed by atoms with E-state index in [1.807, 2.05) is 0 Å². The summed E-state index contributed by atoms with van der Waals surface area (Å²) in [5.41, 5.74) is 3.43. The molecule has 11 nitrogen and oxygen atoms in total. The minimum atomic E-state index is -0.429. The fourth-order valence-electron chi connectivity index (χ4n) is 3.72. The van der Waals surface area contributed by atoms with Crippen LogP contribution in [0.15, 0.2) is 28.2 Å². The van der Waals surface area contributed by atoms with E-state index in [0.29, 0.717) is 34.1 Å². The molecule has 0 radical (unpaired) electrons. The quantitative estimate of drug-likeness (QED) is 0.250. The van der Waals surface area contributed by atoms with Crippen LogP contribution in [0.3, 0.4) is 0 Å². The van der Waals surface area contributed by atoms with Crippen molar-refractivity contribution in [2.24, 2.45) is 5.10 Å². The lowest BCUT2D eigenvalue weighted by atomic mass is 10.2. The van der Waals surface area contributed by atoms with Crippen LogP contribution in [0.25, 0.3) is 0 Å². The maximum Gasteiger partial charge on any atom is 0.283 e. The average Bonchev–Trinajstić information content (AvgIpc) is 3.52. The molecule has 0 aliphatic carbocycles. The van der Waals surface area contributed by atoms with Gasteiger partial charge < -0.3 is 14.9 Å². The zero-order valence-electron chi connectivity index (χ0n) is 17.7. The van der Waals surface area contributed by atoms with Gasteiger partial charge in [-0.1, -0.05) is 6.07 Å². The Morgan fingerprint density at radius 2 is 1.72 bits per heavy atom. The Morgan fingerprint density at radius 3 is 2.28 bits per heavy atom. The van der Waals surface area contributed by atoms with Crippen molar-refractivity contribution in [1.29, 1.82) is 0 Å². The molecule has 2 aromatic rings. The molecule has 0 saturated carbocycles. The Morgan fingerprint density at radius 1 is 1.09 bits per heavy atom. The number of anilines is 3. The maximum atomic E-state index is 11.4. The van der Waals surface area contributed by atoms with Gasteiger partial charge in [-0.25, -0.2) is 5.43 Å². The first-order chi connectivity index (χ1) is 15.6. The van der Waals surface area contributed by atoms with E-state index in [0.717, 1.165) is 51.9 Å². The Labute approximate surface area is 190 Å². The minimum absolute atomic E-state index is 0.0137. The molecule has 0 atom stereocenters. The van der Waals surface area contributed by atoms with Gasteiger partial charge in [0.2, 0.25) is 17.8 Å². The van der Waals surface area contributed by atoms with E-state index in [-0.39, 0.29) is 12.3 Å². The van der Waals surface area contributed by atoms with Crippen LogP contribution in [0.1, 0.15) is 31.2 Å². The summed E-state index contributed by atoms with van der Waals surface area (Å²) in [4.78, 5) is 29.5. The molecular weight excluding hydrogens is 432 g/mol. The van der Waals surface area contributed by atoms with Crippen molar-refractivity contribution < 1.29 is 10.0 Å². The lowest BCUT2D eigenvalue weighted by Crippen LogP contribution is -2.25. The number of nitro benzene ring substituents is 1. The zero-order valence-corrected chi connectivity index (χ0v) is 18.5. The molecule has 12 heteroatoms. The van der Waals surface area contributed by atoms with Gasteiger partial charge in [0.05, 0.1) is 22.6 Å². The first-order valence-corrected chi connectivity index (χ1v) is 11.7. The van der Waals surface area contributed by atoms with Gasteiger partial charge in [0.15, 0.2) is 0 Å². The maximum absolute atomic E-state index is 11.4. The number of aromatic nitrogens is 3. The summed E-state index contributed by atoms with van der Waals surface area (Å²) in [5.74, 6) is 2.05. The molecule has 0 spiro atoms. The number of hydrazone groups is 1. The zero-order chi connectivity index (χ0) is 22.3. The standard InChI is InChI=1S/C20H26N8O3S/c29-11-12-32-17-6-5-15(13-16(17)28(30)31)14-21-25-18-22-19(26-7-1-2-8-26)24-20(23-18)27-9-3-4-10-27/h5-6,13-14,29H,1-4,7-12H2,(H,22,23,24,25)/b21-14+. The summed E-state index contributed by atoms with van der Waals surface area (Å²) in [5, 5.41) is 24.6. The Hall–Kier alpha value is -2.99. The summed E-state index contributed by atoms with van der Waals surface area (Å²) in [6.07, 6.45) is 5.99. The van der Waals surface area contributed by atoms with Crippen molar-refractivity contribution in [3.63, 3.8) is 0 Å². The van der Waals surface area contributed by atoms with Gasteiger partial charge in [-0.3, -0.25) is 10.1 Å². The molecule has 2 aliphatic rings. The second-order valence-corrected chi connectivity index (χ2v) is 8.71. The van der Waals surface area contributed by atoms with Gasteiger partial charge in [-0.2, -0.15) is 20.1 Å². The van der Waals surface area contributed by atoms with Crippen LogP contribution in [-0.2, 0) is 0 Å². The van der Waals surface area contributed by atoms with Crippen molar-refractivity contribution in [2.45, 2.75) is 30.6 Å². The van der Waals surface area contributed by atoms with Crippen molar-refractivity contribution in [3.8, 4) is 0 Å². The lowest BCUT2D eigenvalue weighted by molar-refractivity contribution is -0.387. The van der Waals surface area contributed by atoms with Crippen LogP contribution in [0, 0.1) is 10.1 Å². The SMILES string of the molecule is O=[N+]([O-])c1cc(/C=N/Nc2nc(N3CCCC3)nc(N3CCCC3)n2)ccc1SCCO. The lowest BCUT2D eigenvalue weighted by Gasteiger charge is -2.20. The molecule has 0 unspecified atom stereocenters.